The normalized spacial score (nSPS) is 17.5. The summed E-state index contributed by atoms with van der Waals surface area (Å²) >= 11 is 3.39. The molecule has 0 fully saturated rings. The summed E-state index contributed by atoms with van der Waals surface area (Å²) in [6.45, 7) is 3.58. The van der Waals surface area contributed by atoms with Gasteiger partial charge >= 0.3 is 0 Å². The fourth-order valence-corrected chi connectivity index (χ4v) is 1.67. The zero-order chi connectivity index (χ0) is 10.8. The molecule has 1 rings (SSSR count). The Morgan fingerprint density at radius 2 is 2.21 bits per heavy atom. The molecule has 2 unspecified atom stereocenters. The lowest BCUT2D eigenvalue weighted by Gasteiger charge is -2.27. The standard InChI is InChI=1S/C11H16BrNO/c1-8(13)11(2,14)7-9-4-3-5-10(12)6-9/h3-6,8,14H,7,13H2,1-2H3. The Kier molecular flexibility index (Phi) is 3.70. The van der Waals surface area contributed by atoms with Crippen molar-refractivity contribution in [3.8, 4) is 0 Å². The first kappa shape index (κ1) is 11.7. The number of hydrogen-bond acceptors (Lipinski definition) is 2. The molecule has 0 spiro atoms. The molecule has 2 atom stereocenters. The van der Waals surface area contributed by atoms with Gasteiger partial charge in [-0.1, -0.05) is 28.1 Å². The van der Waals surface area contributed by atoms with E-state index in [0.29, 0.717) is 6.42 Å². The Labute approximate surface area is 93.3 Å². The highest BCUT2D eigenvalue weighted by atomic mass is 79.9. The van der Waals surface area contributed by atoms with Crippen molar-refractivity contribution in [1.82, 2.24) is 0 Å². The minimum absolute atomic E-state index is 0.235. The molecule has 1 aromatic rings. The first-order valence-electron chi connectivity index (χ1n) is 4.64. The molecule has 14 heavy (non-hydrogen) atoms. The highest BCUT2D eigenvalue weighted by molar-refractivity contribution is 9.10. The number of aliphatic hydroxyl groups is 1. The summed E-state index contributed by atoms with van der Waals surface area (Å²) in [6.07, 6.45) is 0.574. The summed E-state index contributed by atoms with van der Waals surface area (Å²) < 4.78 is 1.02. The second-order valence-corrected chi connectivity index (χ2v) is 4.87. The Morgan fingerprint density at radius 3 is 2.71 bits per heavy atom. The second kappa shape index (κ2) is 4.43. The summed E-state index contributed by atoms with van der Waals surface area (Å²) in [5.74, 6) is 0. The Morgan fingerprint density at radius 1 is 1.57 bits per heavy atom. The van der Waals surface area contributed by atoms with Gasteiger partial charge in [0, 0.05) is 16.9 Å². The van der Waals surface area contributed by atoms with Crippen molar-refractivity contribution in [2.45, 2.75) is 31.9 Å². The molecule has 0 amide bonds. The smallest absolute Gasteiger partial charge is 0.0807 e. The van der Waals surface area contributed by atoms with Gasteiger partial charge in [-0.05, 0) is 31.5 Å². The van der Waals surface area contributed by atoms with Crippen LogP contribution in [0.2, 0.25) is 0 Å². The van der Waals surface area contributed by atoms with E-state index in [0.717, 1.165) is 10.0 Å². The third-order valence-electron chi connectivity index (χ3n) is 2.43. The summed E-state index contributed by atoms with van der Waals surface area (Å²) in [5, 5.41) is 10.00. The molecule has 0 heterocycles. The SMILES string of the molecule is CC(N)C(C)(O)Cc1cccc(Br)c1. The maximum Gasteiger partial charge on any atom is 0.0807 e. The summed E-state index contributed by atoms with van der Waals surface area (Å²) in [4.78, 5) is 0. The maximum atomic E-state index is 10.00. The van der Waals surface area contributed by atoms with E-state index in [4.69, 9.17) is 5.73 Å². The number of nitrogens with two attached hydrogens (primary N) is 1. The molecule has 78 valence electrons. The van der Waals surface area contributed by atoms with Crippen LogP contribution in [0.1, 0.15) is 19.4 Å². The van der Waals surface area contributed by atoms with Crippen LogP contribution in [0.25, 0.3) is 0 Å². The van der Waals surface area contributed by atoms with E-state index in [2.05, 4.69) is 15.9 Å². The molecular weight excluding hydrogens is 242 g/mol. The third-order valence-corrected chi connectivity index (χ3v) is 2.93. The van der Waals surface area contributed by atoms with Crippen molar-refractivity contribution in [2.24, 2.45) is 5.73 Å². The third kappa shape index (κ3) is 3.08. The van der Waals surface area contributed by atoms with E-state index >= 15 is 0 Å². The molecule has 0 aliphatic rings. The van der Waals surface area contributed by atoms with Crippen molar-refractivity contribution in [2.75, 3.05) is 0 Å². The zero-order valence-electron chi connectivity index (χ0n) is 8.50. The molecule has 0 aliphatic heterocycles. The molecule has 0 saturated carbocycles. The average molecular weight is 258 g/mol. The van der Waals surface area contributed by atoms with E-state index in [1.165, 1.54) is 0 Å². The average Bonchev–Trinajstić information content (AvgIpc) is 2.02. The number of benzene rings is 1. The lowest BCUT2D eigenvalue weighted by atomic mass is 9.91. The van der Waals surface area contributed by atoms with Gasteiger partial charge in [0.2, 0.25) is 0 Å². The van der Waals surface area contributed by atoms with Crippen LogP contribution in [0, 0.1) is 0 Å². The molecule has 0 aromatic heterocycles. The van der Waals surface area contributed by atoms with E-state index in [-0.39, 0.29) is 6.04 Å². The predicted molar refractivity (Wildman–Crippen MR) is 62.1 cm³/mol. The highest BCUT2D eigenvalue weighted by Crippen LogP contribution is 2.19. The van der Waals surface area contributed by atoms with Gasteiger partial charge in [0.1, 0.15) is 0 Å². The van der Waals surface area contributed by atoms with Crippen LogP contribution in [0.3, 0.4) is 0 Å². The Bertz CT molecular complexity index is 310. The van der Waals surface area contributed by atoms with Crippen molar-refractivity contribution in [3.05, 3.63) is 34.3 Å². The first-order chi connectivity index (χ1) is 6.42. The van der Waals surface area contributed by atoms with Crippen LogP contribution in [0.15, 0.2) is 28.7 Å². The fraction of sp³-hybridized carbons (Fsp3) is 0.455. The van der Waals surface area contributed by atoms with Gasteiger partial charge in [0.15, 0.2) is 0 Å². The van der Waals surface area contributed by atoms with E-state index in [9.17, 15) is 5.11 Å². The van der Waals surface area contributed by atoms with Crippen LogP contribution in [0.5, 0.6) is 0 Å². The quantitative estimate of drug-likeness (QED) is 0.872. The molecule has 0 bridgehead atoms. The van der Waals surface area contributed by atoms with Crippen molar-refractivity contribution >= 4 is 15.9 Å². The number of hydrogen-bond donors (Lipinski definition) is 2. The molecule has 3 N–H and O–H groups in total. The van der Waals surface area contributed by atoms with Gasteiger partial charge in [0.25, 0.3) is 0 Å². The van der Waals surface area contributed by atoms with E-state index < -0.39 is 5.60 Å². The molecule has 0 radical (unpaired) electrons. The fourth-order valence-electron chi connectivity index (χ4n) is 1.22. The second-order valence-electron chi connectivity index (χ2n) is 3.95. The van der Waals surface area contributed by atoms with Gasteiger partial charge in [-0.25, -0.2) is 0 Å². The van der Waals surface area contributed by atoms with Crippen molar-refractivity contribution in [3.63, 3.8) is 0 Å². The summed E-state index contributed by atoms with van der Waals surface area (Å²) in [7, 11) is 0. The van der Waals surface area contributed by atoms with Crippen LogP contribution >= 0.6 is 15.9 Å². The van der Waals surface area contributed by atoms with Crippen LogP contribution in [0.4, 0.5) is 0 Å². The van der Waals surface area contributed by atoms with Gasteiger partial charge < -0.3 is 10.8 Å². The van der Waals surface area contributed by atoms with Gasteiger partial charge in [0.05, 0.1) is 5.60 Å². The van der Waals surface area contributed by atoms with Crippen LogP contribution < -0.4 is 5.73 Å². The minimum atomic E-state index is -0.846. The maximum absolute atomic E-state index is 10.00. The topological polar surface area (TPSA) is 46.2 Å². The summed E-state index contributed by atoms with van der Waals surface area (Å²) in [5.41, 5.74) is 5.93. The van der Waals surface area contributed by atoms with Crippen LogP contribution in [-0.4, -0.2) is 16.7 Å². The summed E-state index contributed by atoms with van der Waals surface area (Å²) in [6, 6.07) is 7.67. The highest BCUT2D eigenvalue weighted by Gasteiger charge is 2.25. The monoisotopic (exact) mass is 257 g/mol. The number of halogens is 1. The van der Waals surface area contributed by atoms with Crippen LogP contribution in [-0.2, 0) is 6.42 Å². The van der Waals surface area contributed by atoms with Gasteiger partial charge in [-0.3, -0.25) is 0 Å². The lowest BCUT2D eigenvalue weighted by molar-refractivity contribution is 0.0389. The van der Waals surface area contributed by atoms with Crippen molar-refractivity contribution < 1.29 is 5.11 Å². The minimum Gasteiger partial charge on any atom is -0.388 e. The molecule has 3 heteroatoms. The lowest BCUT2D eigenvalue weighted by Crippen LogP contribution is -2.45. The molecular formula is C11H16BrNO. The Balaban J connectivity index is 2.78. The largest absolute Gasteiger partial charge is 0.388 e. The zero-order valence-corrected chi connectivity index (χ0v) is 10.1. The van der Waals surface area contributed by atoms with E-state index in [1.807, 2.05) is 31.2 Å². The molecule has 1 aromatic carbocycles. The van der Waals surface area contributed by atoms with Crippen molar-refractivity contribution in [1.29, 1.82) is 0 Å². The van der Waals surface area contributed by atoms with Gasteiger partial charge in [-0.15, -0.1) is 0 Å². The predicted octanol–water partition coefficient (Wildman–Crippen LogP) is 2.09. The molecule has 0 saturated heterocycles. The number of rotatable bonds is 3. The first-order valence-corrected chi connectivity index (χ1v) is 5.43. The molecule has 0 aliphatic carbocycles. The molecule has 2 nitrogen and oxygen atoms in total. The Hall–Kier alpha value is -0.380. The van der Waals surface area contributed by atoms with E-state index in [1.54, 1.807) is 6.92 Å². The van der Waals surface area contributed by atoms with Gasteiger partial charge in [-0.2, -0.15) is 0 Å².